The first-order valence-electron chi connectivity index (χ1n) is 7.60. The molecule has 1 heterocycles. The molecule has 1 aromatic heterocycles. The molecule has 1 amide bonds. The molecule has 0 unspecified atom stereocenters. The van der Waals surface area contributed by atoms with E-state index in [1.807, 2.05) is 30.3 Å². The molecule has 124 valence electrons. The van der Waals surface area contributed by atoms with Crippen molar-refractivity contribution in [2.75, 3.05) is 0 Å². The molecule has 0 radical (unpaired) electrons. The first-order chi connectivity index (χ1) is 10.8. The topological polar surface area (TPSA) is 71.7 Å². The van der Waals surface area contributed by atoms with E-state index in [0.717, 1.165) is 5.56 Å². The summed E-state index contributed by atoms with van der Waals surface area (Å²) in [6.45, 7) is 5.38. The van der Waals surface area contributed by atoms with E-state index in [2.05, 4.69) is 5.32 Å². The minimum Gasteiger partial charge on any atom is -0.467 e. The fourth-order valence-electron chi connectivity index (χ4n) is 2.23. The highest BCUT2D eigenvalue weighted by molar-refractivity contribution is 5.68. The molecule has 0 aliphatic carbocycles. The van der Waals surface area contributed by atoms with Gasteiger partial charge in [0, 0.05) is 0 Å². The van der Waals surface area contributed by atoms with E-state index in [-0.39, 0.29) is 0 Å². The fourth-order valence-corrected chi connectivity index (χ4v) is 2.23. The number of benzene rings is 1. The smallest absolute Gasteiger partial charge is 0.407 e. The maximum absolute atomic E-state index is 12.1. The Bertz CT molecular complexity index is 602. The van der Waals surface area contributed by atoms with E-state index in [4.69, 9.17) is 9.15 Å². The van der Waals surface area contributed by atoms with Crippen LogP contribution in [0, 0.1) is 0 Å². The zero-order valence-electron chi connectivity index (χ0n) is 13.7. The van der Waals surface area contributed by atoms with Crippen LogP contribution in [0.5, 0.6) is 0 Å². The van der Waals surface area contributed by atoms with E-state index >= 15 is 0 Å². The number of ether oxygens (including phenoxy) is 1. The monoisotopic (exact) mass is 317 g/mol. The zero-order chi connectivity index (χ0) is 16.9. The van der Waals surface area contributed by atoms with Gasteiger partial charge in [0.1, 0.15) is 17.5 Å². The quantitative estimate of drug-likeness (QED) is 0.886. The number of aliphatic hydroxyl groups excluding tert-OH is 1. The Morgan fingerprint density at radius 2 is 1.91 bits per heavy atom. The number of hydrogen-bond donors (Lipinski definition) is 2. The summed E-state index contributed by atoms with van der Waals surface area (Å²) in [6, 6.07) is 12.5. The number of nitrogens with one attached hydrogen (secondary N) is 1. The molecular weight excluding hydrogens is 294 g/mol. The third-order valence-corrected chi connectivity index (χ3v) is 3.22. The molecule has 5 nitrogen and oxygen atoms in total. The molecule has 2 aromatic rings. The number of furan rings is 1. The second-order valence-electron chi connectivity index (χ2n) is 6.40. The fraction of sp³-hybridized carbons (Fsp3) is 0.389. The molecule has 1 aromatic carbocycles. The highest BCUT2D eigenvalue weighted by Crippen LogP contribution is 2.21. The van der Waals surface area contributed by atoms with Crippen LogP contribution < -0.4 is 5.32 Å². The van der Waals surface area contributed by atoms with Crippen molar-refractivity contribution in [3.63, 3.8) is 0 Å². The summed E-state index contributed by atoms with van der Waals surface area (Å²) in [5.74, 6) is 0.405. The summed E-state index contributed by atoms with van der Waals surface area (Å²) in [5, 5.41) is 13.3. The van der Waals surface area contributed by atoms with Gasteiger partial charge >= 0.3 is 6.09 Å². The SMILES string of the molecule is CC(C)(C)OC(=O)N[C@@H](Cc1ccccc1)[C@H](O)c1ccco1. The molecule has 5 heteroatoms. The molecule has 2 atom stereocenters. The van der Waals surface area contributed by atoms with Crippen LogP contribution in [0.2, 0.25) is 0 Å². The average Bonchev–Trinajstić information content (AvgIpc) is 2.99. The molecule has 0 aliphatic heterocycles. The molecule has 0 bridgehead atoms. The lowest BCUT2D eigenvalue weighted by atomic mass is 10.00. The zero-order valence-corrected chi connectivity index (χ0v) is 13.7. The van der Waals surface area contributed by atoms with E-state index in [0.29, 0.717) is 12.2 Å². The van der Waals surface area contributed by atoms with Crippen LogP contribution in [0.1, 0.15) is 38.2 Å². The Labute approximate surface area is 136 Å². The molecule has 2 rings (SSSR count). The Morgan fingerprint density at radius 1 is 1.22 bits per heavy atom. The maximum Gasteiger partial charge on any atom is 0.407 e. The lowest BCUT2D eigenvalue weighted by molar-refractivity contribution is 0.0397. The van der Waals surface area contributed by atoms with E-state index < -0.39 is 23.8 Å². The van der Waals surface area contributed by atoms with Gasteiger partial charge in [-0.25, -0.2) is 4.79 Å². The third kappa shape index (κ3) is 5.45. The Balaban J connectivity index is 2.12. The minimum absolute atomic E-state index is 0.405. The Hall–Kier alpha value is -2.27. The van der Waals surface area contributed by atoms with Crippen molar-refractivity contribution in [1.82, 2.24) is 5.32 Å². The predicted octanol–water partition coefficient (Wildman–Crippen LogP) is 3.45. The van der Waals surface area contributed by atoms with Crippen molar-refractivity contribution in [3.8, 4) is 0 Å². The average molecular weight is 317 g/mol. The second-order valence-corrected chi connectivity index (χ2v) is 6.40. The van der Waals surface area contributed by atoms with Crippen LogP contribution in [0.25, 0.3) is 0 Å². The number of amides is 1. The normalized spacial score (nSPS) is 14.1. The van der Waals surface area contributed by atoms with Crippen LogP contribution in [0.15, 0.2) is 53.1 Å². The standard InChI is InChI=1S/C18H23NO4/c1-18(2,3)23-17(21)19-14(12-13-8-5-4-6-9-13)16(20)15-10-7-11-22-15/h4-11,14,16,20H,12H2,1-3H3,(H,19,21)/t14-,16-/m0/s1. The molecular formula is C18H23NO4. The number of carbonyl (C=O) groups is 1. The summed E-state index contributed by atoms with van der Waals surface area (Å²) < 4.78 is 10.5. The Morgan fingerprint density at radius 3 is 2.48 bits per heavy atom. The molecule has 0 saturated carbocycles. The largest absolute Gasteiger partial charge is 0.467 e. The number of carbonyl (C=O) groups excluding carboxylic acids is 1. The molecule has 0 aliphatic rings. The maximum atomic E-state index is 12.1. The molecule has 0 fully saturated rings. The molecule has 0 spiro atoms. The van der Waals surface area contributed by atoms with Gasteiger partial charge in [-0.15, -0.1) is 0 Å². The van der Waals surface area contributed by atoms with E-state index in [9.17, 15) is 9.90 Å². The number of hydrogen-bond acceptors (Lipinski definition) is 4. The molecule has 2 N–H and O–H groups in total. The van der Waals surface area contributed by atoms with Crippen LogP contribution in [0.4, 0.5) is 4.79 Å². The first-order valence-corrected chi connectivity index (χ1v) is 7.60. The third-order valence-electron chi connectivity index (χ3n) is 3.22. The van der Waals surface area contributed by atoms with Gasteiger partial charge in [0.15, 0.2) is 0 Å². The van der Waals surface area contributed by atoms with Gasteiger partial charge in [0.05, 0.1) is 12.3 Å². The van der Waals surface area contributed by atoms with Crippen molar-refractivity contribution in [2.45, 2.75) is 44.9 Å². The van der Waals surface area contributed by atoms with E-state index in [1.54, 1.807) is 32.9 Å². The van der Waals surface area contributed by atoms with Crippen molar-refractivity contribution >= 4 is 6.09 Å². The van der Waals surface area contributed by atoms with Crippen molar-refractivity contribution in [2.24, 2.45) is 0 Å². The number of aliphatic hydroxyl groups is 1. The number of alkyl carbamates (subject to hydrolysis) is 1. The summed E-state index contributed by atoms with van der Waals surface area (Å²) in [4.78, 5) is 12.1. The van der Waals surface area contributed by atoms with Gasteiger partial charge in [-0.05, 0) is 44.9 Å². The van der Waals surface area contributed by atoms with Gasteiger partial charge in [0.2, 0.25) is 0 Å². The van der Waals surface area contributed by atoms with Gasteiger partial charge in [-0.3, -0.25) is 0 Å². The minimum atomic E-state index is -0.960. The van der Waals surface area contributed by atoms with Crippen molar-refractivity contribution in [1.29, 1.82) is 0 Å². The van der Waals surface area contributed by atoms with Crippen molar-refractivity contribution in [3.05, 3.63) is 60.1 Å². The number of rotatable bonds is 5. The first kappa shape index (κ1) is 17.1. The lowest BCUT2D eigenvalue weighted by Gasteiger charge is -2.26. The predicted molar refractivity (Wildman–Crippen MR) is 87.0 cm³/mol. The van der Waals surface area contributed by atoms with Crippen LogP contribution in [-0.4, -0.2) is 22.8 Å². The van der Waals surface area contributed by atoms with Crippen LogP contribution >= 0.6 is 0 Å². The van der Waals surface area contributed by atoms with Gasteiger partial charge < -0.3 is 19.6 Å². The summed E-state index contributed by atoms with van der Waals surface area (Å²) in [5.41, 5.74) is 0.399. The summed E-state index contributed by atoms with van der Waals surface area (Å²) in [6.07, 6.45) is 0.426. The van der Waals surface area contributed by atoms with Crippen LogP contribution in [-0.2, 0) is 11.2 Å². The summed E-state index contributed by atoms with van der Waals surface area (Å²) >= 11 is 0. The molecule has 23 heavy (non-hydrogen) atoms. The second kappa shape index (κ2) is 7.33. The molecule has 0 saturated heterocycles. The highest BCUT2D eigenvalue weighted by atomic mass is 16.6. The van der Waals surface area contributed by atoms with Gasteiger partial charge in [0.25, 0.3) is 0 Å². The van der Waals surface area contributed by atoms with Gasteiger partial charge in [-0.1, -0.05) is 30.3 Å². The summed E-state index contributed by atoms with van der Waals surface area (Å²) in [7, 11) is 0. The van der Waals surface area contributed by atoms with Gasteiger partial charge in [-0.2, -0.15) is 0 Å². The van der Waals surface area contributed by atoms with E-state index in [1.165, 1.54) is 6.26 Å². The Kier molecular flexibility index (Phi) is 5.45. The highest BCUT2D eigenvalue weighted by Gasteiger charge is 2.27. The van der Waals surface area contributed by atoms with Crippen molar-refractivity contribution < 1.29 is 19.1 Å². The lowest BCUT2D eigenvalue weighted by Crippen LogP contribution is -2.43. The van der Waals surface area contributed by atoms with Crippen LogP contribution in [0.3, 0.4) is 0 Å².